The van der Waals surface area contributed by atoms with Crippen LogP contribution in [0.15, 0.2) is 71.9 Å². The Balaban J connectivity index is 3.10. The number of rotatable bonds is 4. The number of hydrogen-bond acceptors (Lipinski definition) is 0. The lowest BCUT2D eigenvalue weighted by atomic mass is 9.97. The molecule has 0 bridgehead atoms. The molecule has 0 fully saturated rings. The summed E-state index contributed by atoms with van der Waals surface area (Å²) in [5.74, 6) is 0. The van der Waals surface area contributed by atoms with Crippen LogP contribution < -0.4 is 0 Å². The van der Waals surface area contributed by atoms with Crippen LogP contribution in [0.25, 0.3) is 0 Å². The quantitative estimate of drug-likeness (QED) is 0.555. The normalized spacial score (nSPS) is 21.7. The van der Waals surface area contributed by atoms with Crippen molar-refractivity contribution in [3.8, 4) is 0 Å². The van der Waals surface area contributed by atoms with Crippen molar-refractivity contribution in [3.63, 3.8) is 0 Å². The third-order valence-electron chi connectivity index (χ3n) is 3.35. The Hall–Kier alpha value is -1.56. The van der Waals surface area contributed by atoms with Crippen LogP contribution in [0.3, 0.4) is 0 Å². The van der Waals surface area contributed by atoms with Crippen molar-refractivity contribution in [1.82, 2.24) is 0 Å². The van der Waals surface area contributed by atoms with E-state index in [2.05, 4.69) is 45.2 Å². The molecule has 0 N–H and O–H groups in total. The van der Waals surface area contributed by atoms with Crippen LogP contribution in [0.5, 0.6) is 0 Å². The molecule has 0 aromatic carbocycles. The third-order valence-corrected chi connectivity index (χ3v) is 3.35. The zero-order valence-corrected chi connectivity index (χ0v) is 11.7. The van der Waals surface area contributed by atoms with E-state index >= 15 is 0 Å². The fourth-order valence-electron chi connectivity index (χ4n) is 2.37. The molecular weight excluding hydrogens is 216 g/mol. The minimum Gasteiger partial charge on any atom is -0.0991 e. The van der Waals surface area contributed by atoms with Crippen molar-refractivity contribution >= 4 is 0 Å². The van der Waals surface area contributed by atoms with Crippen LogP contribution in [0.2, 0.25) is 0 Å². The van der Waals surface area contributed by atoms with Crippen molar-refractivity contribution in [3.05, 3.63) is 71.9 Å². The topological polar surface area (TPSA) is 0 Å². The van der Waals surface area contributed by atoms with E-state index in [0.29, 0.717) is 0 Å². The molecule has 0 radical (unpaired) electrons. The molecule has 18 heavy (non-hydrogen) atoms. The van der Waals surface area contributed by atoms with Gasteiger partial charge in [-0.1, -0.05) is 56.5 Å². The first-order valence-corrected chi connectivity index (χ1v) is 6.74. The maximum atomic E-state index is 3.96. The Labute approximate surface area is 112 Å². The van der Waals surface area contributed by atoms with Crippen molar-refractivity contribution in [1.29, 1.82) is 0 Å². The lowest BCUT2D eigenvalue weighted by Crippen LogP contribution is -1.88. The summed E-state index contributed by atoms with van der Waals surface area (Å²) in [6.07, 6.45) is 16.9. The Bertz CT molecular complexity index is 425. The lowest BCUT2D eigenvalue weighted by molar-refractivity contribution is 0.953. The first kappa shape index (κ1) is 14.5. The Morgan fingerprint density at radius 2 is 1.89 bits per heavy atom. The average molecular weight is 240 g/mol. The smallest absolute Gasteiger partial charge is 0.00239 e. The first-order valence-electron chi connectivity index (χ1n) is 6.74. The van der Waals surface area contributed by atoms with Crippen LogP contribution in [0.1, 0.15) is 39.5 Å². The number of hydrogen-bond donors (Lipinski definition) is 0. The van der Waals surface area contributed by atoms with E-state index in [-0.39, 0.29) is 0 Å². The van der Waals surface area contributed by atoms with Crippen LogP contribution in [0, 0.1) is 0 Å². The fraction of sp³-hybridized carbons (Fsp3) is 0.333. The zero-order valence-electron chi connectivity index (χ0n) is 11.7. The Morgan fingerprint density at radius 3 is 2.44 bits per heavy atom. The van der Waals surface area contributed by atoms with E-state index < -0.39 is 0 Å². The molecule has 1 rings (SSSR count). The summed E-state index contributed by atoms with van der Waals surface area (Å²) in [6.45, 7) is 12.0. The van der Waals surface area contributed by atoms with Gasteiger partial charge in [0.1, 0.15) is 0 Å². The van der Waals surface area contributed by atoms with Gasteiger partial charge in [-0.25, -0.2) is 0 Å². The van der Waals surface area contributed by atoms with Crippen LogP contribution in [0.4, 0.5) is 0 Å². The van der Waals surface area contributed by atoms with Gasteiger partial charge in [0.25, 0.3) is 0 Å². The molecule has 0 saturated heterocycles. The molecule has 1 aliphatic rings. The highest BCUT2D eigenvalue weighted by molar-refractivity contribution is 5.45. The molecule has 0 nitrogen and oxygen atoms in total. The van der Waals surface area contributed by atoms with Crippen LogP contribution >= 0.6 is 0 Å². The SMILES string of the molecule is C=C/C=C\C1=C(C=C)CC(=C/C)/C(=C\CC)CC1. The second kappa shape index (κ2) is 7.71. The van der Waals surface area contributed by atoms with Gasteiger partial charge < -0.3 is 0 Å². The van der Waals surface area contributed by atoms with Gasteiger partial charge in [-0.05, 0) is 54.9 Å². The van der Waals surface area contributed by atoms with Gasteiger partial charge >= 0.3 is 0 Å². The third kappa shape index (κ3) is 3.73. The molecule has 1 aliphatic carbocycles. The second-order valence-electron chi connectivity index (χ2n) is 4.48. The van der Waals surface area contributed by atoms with Gasteiger partial charge in [-0.2, -0.15) is 0 Å². The molecule has 0 amide bonds. The van der Waals surface area contributed by atoms with E-state index in [4.69, 9.17) is 0 Å². The maximum absolute atomic E-state index is 3.96. The highest BCUT2D eigenvalue weighted by Gasteiger charge is 2.13. The summed E-state index contributed by atoms with van der Waals surface area (Å²) in [7, 11) is 0. The summed E-state index contributed by atoms with van der Waals surface area (Å²) >= 11 is 0. The zero-order chi connectivity index (χ0) is 13.4. The minimum atomic E-state index is 1.00. The van der Waals surface area contributed by atoms with E-state index in [1.807, 2.05) is 18.2 Å². The van der Waals surface area contributed by atoms with Crippen molar-refractivity contribution in [2.45, 2.75) is 39.5 Å². The summed E-state index contributed by atoms with van der Waals surface area (Å²) in [6, 6.07) is 0. The largest absolute Gasteiger partial charge is 0.0991 e. The van der Waals surface area contributed by atoms with E-state index in [0.717, 1.165) is 25.7 Å². The van der Waals surface area contributed by atoms with Gasteiger partial charge in [-0.3, -0.25) is 0 Å². The van der Waals surface area contributed by atoms with Crippen LogP contribution in [-0.4, -0.2) is 0 Å². The van der Waals surface area contributed by atoms with Gasteiger partial charge in [0.05, 0.1) is 0 Å². The molecule has 0 spiro atoms. The van der Waals surface area contributed by atoms with E-state index in [9.17, 15) is 0 Å². The van der Waals surface area contributed by atoms with Gasteiger partial charge in [0.2, 0.25) is 0 Å². The minimum absolute atomic E-state index is 1.00. The molecule has 0 atom stereocenters. The molecule has 0 unspecified atom stereocenters. The summed E-state index contributed by atoms with van der Waals surface area (Å²) in [5, 5.41) is 0. The highest BCUT2D eigenvalue weighted by atomic mass is 14.2. The summed E-state index contributed by atoms with van der Waals surface area (Å²) < 4.78 is 0. The molecule has 96 valence electrons. The fourth-order valence-corrected chi connectivity index (χ4v) is 2.37. The maximum Gasteiger partial charge on any atom is -0.00239 e. The summed E-state index contributed by atoms with van der Waals surface area (Å²) in [4.78, 5) is 0. The van der Waals surface area contributed by atoms with E-state index in [1.165, 1.54) is 22.3 Å². The lowest BCUT2D eigenvalue weighted by Gasteiger charge is -2.08. The predicted molar refractivity (Wildman–Crippen MR) is 82.5 cm³/mol. The Kier molecular flexibility index (Phi) is 6.21. The van der Waals surface area contributed by atoms with Gasteiger partial charge in [-0.15, -0.1) is 0 Å². The van der Waals surface area contributed by atoms with Crippen molar-refractivity contribution in [2.75, 3.05) is 0 Å². The van der Waals surface area contributed by atoms with Crippen molar-refractivity contribution < 1.29 is 0 Å². The molecule has 0 heteroatoms. The van der Waals surface area contributed by atoms with Crippen molar-refractivity contribution in [2.24, 2.45) is 0 Å². The molecule has 0 aromatic heterocycles. The monoisotopic (exact) mass is 240 g/mol. The molecule has 0 saturated carbocycles. The standard InChI is InChI=1S/C18H24/c1-5-9-11-18-13-12-17(10-6-2)15(7-3)14-16(18)8-4/h5,7-11H,1,4,6,12-14H2,2-3H3/b11-9-,15-7-,17-10-. The molecule has 0 aliphatic heterocycles. The van der Waals surface area contributed by atoms with Gasteiger partial charge in [0, 0.05) is 0 Å². The van der Waals surface area contributed by atoms with E-state index in [1.54, 1.807) is 0 Å². The second-order valence-corrected chi connectivity index (χ2v) is 4.48. The molecule has 0 heterocycles. The average Bonchev–Trinajstić information content (AvgIpc) is 2.56. The molecule has 0 aromatic rings. The highest BCUT2D eigenvalue weighted by Crippen LogP contribution is 2.32. The van der Waals surface area contributed by atoms with Gasteiger partial charge in [0.15, 0.2) is 0 Å². The number of allylic oxidation sites excluding steroid dienone is 10. The van der Waals surface area contributed by atoms with Crippen LogP contribution in [-0.2, 0) is 0 Å². The summed E-state index contributed by atoms with van der Waals surface area (Å²) in [5.41, 5.74) is 5.69. The first-order chi connectivity index (χ1) is 8.76. The predicted octanol–water partition coefficient (Wildman–Crippen LogP) is 5.68. The Morgan fingerprint density at radius 1 is 1.11 bits per heavy atom. The molecular formula is C18H24.